The molecule has 1 aromatic heterocycles. The van der Waals surface area contributed by atoms with Crippen molar-refractivity contribution in [1.29, 1.82) is 0 Å². The van der Waals surface area contributed by atoms with Gasteiger partial charge in [0, 0.05) is 22.6 Å². The third kappa shape index (κ3) is 1.90. The lowest BCUT2D eigenvalue weighted by molar-refractivity contribution is -0.0665. The molecule has 24 heavy (non-hydrogen) atoms. The van der Waals surface area contributed by atoms with Crippen LogP contribution in [0.5, 0.6) is 0 Å². The minimum Gasteiger partial charge on any atom is -0.362 e. The van der Waals surface area contributed by atoms with Crippen LogP contribution in [0.3, 0.4) is 0 Å². The van der Waals surface area contributed by atoms with E-state index in [2.05, 4.69) is 4.98 Å². The summed E-state index contributed by atoms with van der Waals surface area (Å²) in [6.07, 6.45) is 0. The number of carbonyl (C=O) groups is 1. The number of carbonyl (C=O) groups excluding carboxylic acids is 1. The molecule has 4 nitrogen and oxygen atoms in total. The van der Waals surface area contributed by atoms with Crippen LogP contribution in [0.1, 0.15) is 35.5 Å². The summed E-state index contributed by atoms with van der Waals surface area (Å²) in [4.78, 5) is 19.0. The molecule has 1 atom stereocenters. The van der Waals surface area contributed by atoms with Gasteiger partial charge in [-0.15, -0.1) is 0 Å². The van der Waals surface area contributed by atoms with Crippen molar-refractivity contribution in [3.63, 3.8) is 0 Å². The zero-order valence-electron chi connectivity index (χ0n) is 13.6. The average molecular weight is 318 g/mol. The van der Waals surface area contributed by atoms with Crippen LogP contribution >= 0.6 is 0 Å². The fourth-order valence-electron chi connectivity index (χ4n) is 3.51. The van der Waals surface area contributed by atoms with Crippen LogP contribution in [-0.2, 0) is 5.72 Å². The van der Waals surface area contributed by atoms with Gasteiger partial charge >= 0.3 is 0 Å². The van der Waals surface area contributed by atoms with Gasteiger partial charge in [-0.3, -0.25) is 9.69 Å². The Labute approximate surface area is 140 Å². The summed E-state index contributed by atoms with van der Waals surface area (Å²) in [5.74, 6) is -0.168. The van der Waals surface area contributed by atoms with Gasteiger partial charge in [0.25, 0.3) is 5.91 Å². The van der Waals surface area contributed by atoms with E-state index in [1.165, 1.54) is 4.90 Å². The predicted octanol–water partition coefficient (Wildman–Crippen LogP) is 3.29. The highest BCUT2D eigenvalue weighted by atomic mass is 16.3. The SMILES string of the molecule is CC(C)N1C(=O)c2ccccc2C1(O)c1ccc2ccccc2n1. The molecule has 4 rings (SSSR count). The molecule has 0 saturated carbocycles. The minimum atomic E-state index is -1.55. The zero-order chi connectivity index (χ0) is 16.9. The molecule has 0 fully saturated rings. The molecule has 3 aromatic rings. The smallest absolute Gasteiger partial charge is 0.257 e. The van der Waals surface area contributed by atoms with Crippen molar-refractivity contribution < 1.29 is 9.90 Å². The third-order valence-corrected chi connectivity index (χ3v) is 4.57. The van der Waals surface area contributed by atoms with E-state index in [1.807, 2.05) is 56.3 Å². The Hall–Kier alpha value is -2.72. The first-order valence-electron chi connectivity index (χ1n) is 8.05. The monoisotopic (exact) mass is 318 g/mol. The Bertz CT molecular complexity index is 951. The maximum atomic E-state index is 12.8. The van der Waals surface area contributed by atoms with Gasteiger partial charge in [-0.1, -0.05) is 42.5 Å². The molecule has 1 unspecified atom stereocenters. The Balaban J connectivity index is 1.99. The Morgan fingerprint density at radius 2 is 1.71 bits per heavy atom. The number of aromatic nitrogens is 1. The molecule has 2 aromatic carbocycles. The number of rotatable bonds is 2. The molecule has 0 aliphatic carbocycles. The molecular weight excluding hydrogens is 300 g/mol. The van der Waals surface area contributed by atoms with Crippen LogP contribution in [-0.4, -0.2) is 26.9 Å². The lowest BCUT2D eigenvalue weighted by Gasteiger charge is -2.36. The minimum absolute atomic E-state index is 0.164. The second-order valence-corrected chi connectivity index (χ2v) is 6.38. The number of aliphatic hydroxyl groups is 1. The molecule has 1 aliphatic heterocycles. The lowest BCUT2D eigenvalue weighted by atomic mass is 9.96. The normalized spacial score (nSPS) is 20.0. The summed E-state index contributed by atoms with van der Waals surface area (Å²) < 4.78 is 0. The van der Waals surface area contributed by atoms with E-state index in [1.54, 1.807) is 18.2 Å². The Morgan fingerprint density at radius 3 is 2.50 bits per heavy atom. The molecule has 0 radical (unpaired) electrons. The number of benzene rings is 2. The summed E-state index contributed by atoms with van der Waals surface area (Å²) in [7, 11) is 0. The van der Waals surface area contributed by atoms with Gasteiger partial charge in [0.15, 0.2) is 0 Å². The molecular formula is C20H18N2O2. The molecule has 0 spiro atoms. The number of fused-ring (bicyclic) bond motifs is 2. The van der Waals surface area contributed by atoms with Gasteiger partial charge < -0.3 is 5.11 Å². The van der Waals surface area contributed by atoms with E-state index in [0.29, 0.717) is 16.8 Å². The Morgan fingerprint density at radius 1 is 1.00 bits per heavy atom. The molecule has 1 amide bonds. The van der Waals surface area contributed by atoms with Crippen molar-refractivity contribution >= 4 is 16.8 Å². The van der Waals surface area contributed by atoms with Crippen LogP contribution in [0.15, 0.2) is 60.7 Å². The van der Waals surface area contributed by atoms with Crippen molar-refractivity contribution in [1.82, 2.24) is 9.88 Å². The summed E-state index contributed by atoms with van der Waals surface area (Å²) in [5.41, 5.74) is 0.832. The van der Waals surface area contributed by atoms with E-state index >= 15 is 0 Å². The van der Waals surface area contributed by atoms with Gasteiger partial charge in [0.2, 0.25) is 5.72 Å². The van der Waals surface area contributed by atoms with Crippen LogP contribution in [0, 0.1) is 0 Å². The second kappa shape index (κ2) is 5.14. The van der Waals surface area contributed by atoms with Crippen LogP contribution in [0.4, 0.5) is 0 Å². The highest BCUT2D eigenvalue weighted by Crippen LogP contribution is 2.42. The largest absolute Gasteiger partial charge is 0.362 e. The van der Waals surface area contributed by atoms with E-state index in [0.717, 1.165) is 10.9 Å². The van der Waals surface area contributed by atoms with Gasteiger partial charge in [0.05, 0.1) is 11.2 Å². The molecule has 2 heterocycles. The fraction of sp³-hybridized carbons (Fsp3) is 0.200. The summed E-state index contributed by atoms with van der Waals surface area (Å²) in [6, 6.07) is 18.5. The van der Waals surface area contributed by atoms with Gasteiger partial charge in [-0.25, -0.2) is 4.98 Å². The number of nitrogens with zero attached hydrogens (tertiary/aromatic N) is 2. The van der Waals surface area contributed by atoms with Crippen molar-refractivity contribution in [2.45, 2.75) is 25.6 Å². The molecule has 0 bridgehead atoms. The topological polar surface area (TPSA) is 53.4 Å². The average Bonchev–Trinajstić information content (AvgIpc) is 2.83. The van der Waals surface area contributed by atoms with Gasteiger partial charge in [-0.05, 0) is 32.0 Å². The van der Waals surface area contributed by atoms with E-state index in [9.17, 15) is 9.90 Å². The Kier molecular flexibility index (Phi) is 3.18. The zero-order valence-corrected chi connectivity index (χ0v) is 13.6. The van der Waals surface area contributed by atoms with Crippen molar-refractivity contribution in [3.8, 4) is 0 Å². The van der Waals surface area contributed by atoms with Crippen molar-refractivity contribution in [2.75, 3.05) is 0 Å². The maximum absolute atomic E-state index is 12.8. The van der Waals surface area contributed by atoms with Crippen molar-refractivity contribution in [2.24, 2.45) is 0 Å². The molecule has 1 N–H and O–H groups in total. The second-order valence-electron chi connectivity index (χ2n) is 6.38. The van der Waals surface area contributed by atoms with Crippen LogP contribution < -0.4 is 0 Å². The standard InChI is InChI=1S/C20H18N2O2/c1-13(2)22-19(23)15-8-4-5-9-16(15)20(22,24)18-12-11-14-7-3-6-10-17(14)21-18/h3-13,24H,1-2H3. The molecule has 0 saturated heterocycles. The number of hydrogen-bond donors (Lipinski definition) is 1. The molecule has 120 valence electrons. The first-order chi connectivity index (χ1) is 11.5. The number of pyridine rings is 1. The maximum Gasteiger partial charge on any atom is 0.257 e. The van der Waals surface area contributed by atoms with E-state index in [4.69, 9.17) is 0 Å². The van der Waals surface area contributed by atoms with Gasteiger partial charge in [-0.2, -0.15) is 0 Å². The van der Waals surface area contributed by atoms with Crippen LogP contribution in [0.25, 0.3) is 10.9 Å². The summed E-state index contributed by atoms with van der Waals surface area (Å²) >= 11 is 0. The van der Waals surface area contributed by atoms with Crippen LogP contribution in [0.2, 0.25) is 0 Å². The summed E-state index contributed by atoms with van der Waals surface area (Å²) in [5, 5.41) is 12.6. The van der Waals surface area contributed by atoms with E-state index < -0.39 is 5.72 Å². The summed E-state index contributed by atoms with van der Waals surface area (Å²) in [6.45, 7) is 3.80. The van der Waals surface area contributed by atoms with Crippen molar-refractivity contribution in [3.05, 3.63) is 77.5 Å². The third-order valence-electron chi connectivity index (χ3n) is 4.57. The molecule has 4 heteroatoms. The number of hydrogen-bond acceptors (Lipinski definition) is 3. The quantitative estimate of drug-likeness (QED) is 0.789. The highest BCUT2D eigenvalue weighted by molar-refractivity contribution is 6.00. The lowest BCUT2D eigenvalue weighted by Crippen LogP contribution is -2.49. The van der Waals surface area contributed by atoms with E-state index in [-0.39, 0.29) is 11.9 Å². The number of amides is 1. The number of para-hydroxylation sites is 1. The predicted molar refractivity (Wildman–Crippen MR) is 92.5 cm³/mol. The fourth-order valence-corrected chi connectivity index (χ4v) is 3.51. The first-order valence-corrected chi connectivity index (χ1v) is 8.05. The first kappa shape index (κ1) is 14.8. The van der Waals surface area contributed by atoms with Gasteiger partial charge in [0.1, 0.15) is 0 Å². The highest BCUT2D eigenvalue weighted by Gasteiger charge is 2.51. The molecule has 1 aliphatic rings.